The molecule has 18 heavy (non-hydrogen) atoms. The normalized spacial score (nSPS) is 19.4. The second-order valence-corrected chi connectivity index (χ2v) is 4.28. The van der Waals surface area contributed by atoms with E-state index in [1.54, 1.807) is 7.11 Å². The average Bonchev–Trinajstić information content (AvgIpc) is 2.60. The van der Waals surface area contributed by atoms with Gasteiger partial charge in [-0.25, -0.2) is 0 Å². The van der Waals surface area contributed by atoms with Gasteiger partial charge in [-0.3, -0.25) is 4.79 Å². The lowest BCUT2D eigenvalue weighted by molar-refractivity contribution is -0.114. The minimum atomic E-state index is -0.101. The fourth-order valence-electron chi connectivity index (χ4n) is 2.35. The largest absolute Gasteiger partial charge is 0.497 e. The number of carbonyl (C=O) groups excluding carboxylic acids is 1. The quantitative estimate of drug-likeness (QED) is 0.767. The molecule has 1 aliphatic rings. The zero-order valence-electron chi connectivity index (χ0n) is 10.8. The number of hydrogen-bond acceptors (Lipinski definition) is 3. The molecule has 0 heterocycles. The van der Waals surface area contributed by atoms with Gasteiger partial charge in [0, 0.05) is 11.5 Å². The number of ether oxygens (including phenoxy) is 2. The molecule has 0 saturated carbocycles. The van der Waals surface area contributed by atoms with Crippen molar-refractivity contribution in [1.29, 1.82) is 0 Å². The van der Waals surface area contributed by atoms with Gasteiger partial charge < -0.3 is 9.47 Å². The lowest BCUT2D eigenvalue weighted by atomic mass is 9.90. The molecule has 1 aromatic rings. The predicted molar refractivity (Wildman–Crippen MR) is 69.6 cm³/mol. The van der Waals surface area contributed by atoms with E-state index in [1.165, 1.54) is 7.11 Å². The Balaban J connectivity index is 2.41. The van der Waals surface area contributed by atoms with Crippen LogP contribution in [0, 0.1) is 0 Å². The summed E-state index contributed by atoms with van der Waals surface area (Å²) in [5, 5.41) is 0. The van der Waals surface area contributed by atoms with Crippen LogP contribution in [0.2, 0.25) is 0 Å². The topological polar surface area (TPSA) is 35.5 Å². The number of benzene rings is 1. The van der Waals surface area contributed by atoms with Crippen LogP contribution in [0.4, 0.5) is 0 Å². The van der Waals surface area contributed by atoms with E-state index < -0.39 is 0 Å². The van der Waals surface area contributed by atoms with Gasteiger partial charge in [0.1, 0.15) is 5.75 Å². The highest BCUT2D eigenvalue weighted by molar-refractivity contribution is 6.11. The number of carbonyl (C=O) groups is 1. The summed E-state index contributed by atoms with van der Waals surface area (Å²) < 4.78 is 10.3. The van der Waals surface area contributed by atoms with E-state index in [-0.39, 0.29) is 11.7 Å². The van der Waals surface area contributed by atoms with Gasteiger partial charge in [-0.2, -0.15) is 0 Å². The predicted octanol–water partition coefficient (Wildman–Crippen LogP) is 2.84. The first kappa shape index (κ1) is 12.4. The molecule has 0 N–H and O–H groups in total. The van der Waals surface area contributed by atoms with Gasteiger partial charge in [0.05, 0.1) is 14.2 Å². The van der Waals surface area contributed by atoms with Crippen LogP contribution in [0.3, 0.4) is 0 Å². The standard InChI is InChI=1S/C15H16O3/c1-9-13(10(2)15(18-4)14(9)16)11-5-7-12(17-3)8-6-11/h5-8,13H,1H2,2-4H3. The highest BCUT2D eigenvalue weighted by Crippen LogP contribution is 2.40. The zero-order valence-corrected chi connectivity index (χ0v) is 10.8. The Labute approximate surface area is 107 Å². The van der Waals surface area contributed by atoms with Crippen LogP contribution in [-0.2, 0) is 9.53 Å². The maximum absolute atomic E-state index is 11.9. The van der Waals surface area contributed by atoms with Crippen LogP contribution in [0.15, 0.2) is 47.7 Å². The zero-order chi connectivity index (χ0) is 13.3. The smallest absolute Gasteiger partial charge is 0.223 e. The summed E-state index contributed by atoms with van der Waals surface area (Å²) >= 11 is 0. The molecule has 1 atom stereocenters. The molecule has 94 valence electrons. The summed E-state index contributed by atoms with van der Waals surface area (Å²) in [7, 11) is 3.14. The molecule has 1 aliphatic carbocycles. The van der Waals surface area contributed by atoms with Gasteiger partial charge in [0.2, 0.25) is 5.78 Å². The first-order chi connectivity index (χ1) is 8.60. The highest BCUT2D eigenvalue weighted by Gasteiger charge is 2.35. The lowest BCUT2D eigenvalue weighted by Gasteiger charge is -2.13. The van der Waals surface area contributed by atoms with E-state index in [1.807, 2.05) is 31.2 Å². The summed E-state index contributed by atoms with van der Waals surface area (Å²) in [6, 6.07) is 7.66. The number of methoxy groups -OCH3 is 2. The van der Waals surface area contributed by atoms with Crippen LogP contribution in [0.5, 0.6) is 5.75 Å². The van der Waals surface area contributed by atoms with Crippen LogP contribution in [-0.4, -0.2) is 20.0 Å². The third-order valence-electron chi connectivity index (χ3n) is 3.29. The minimum Gasteiger partial charge on any atom is -0.497 e. The van der Waals surface area contributed by atoms with Crippen molar-refractivity contribution in [3.05, 3.63) is 53.3 Å². The first-order valence-electron chi connectivity index (χ1n) is 5.72. The molecule has 3 heteroatoms. The molecule has 2 rings (SSSR count). The first-order valence-corrected chi connectivity index (χ1v) is 5.72. The molecule has 0 aromatic heterocycles. The van der Waals surface area contributed by atoms with Crippen molar-refractivity contribution >= 4 is 5.78 Å². The monoisotopic (exact) mass is 244 g/mol. The van der Waals surface area contributed by atoms with Crippen LogP contribution < -0.4 is 4.74 Å². The molecule has 0 bridgehead atoms. The third kappa shape index (κ3) is 1.82. The second kappa shape index (κ2) is 4.69. The van der Waals surface area contributed by atoms with E-state index in [4.69, 9.17) is 9.47 Å². The van der Waals surface area contributed by atoms with Crippen molar-refractivity contribution in [3.63, 3.8) is 0 Å². The lowest BCUT2D eigenvalue weighted by Crippen LogP contribution is -2.03. The van der Waals surface area contributed by atoms with Gasteiger partial charge in [-0.1, -0.05) is 18.7 Å². The number of ketones is 1. The number of Topliss-reactive ketones (excluding diaryl/α,β-unsaturated/α-hetero) is 1. The molecule has 0 amide bonds. The van der Waals surface area contributed by atoms with Crippen LogP contribution >= 0.6 is 0 Å². The van der Waals surface area contributed by atoms with E-state index in [2.05, 4.69) is 6.58 Å². The highest BCUT2D eigenvalue weighted by atomic mass is 16.5. The molecule has 3 nitrogen and oxygen atoms in total. The van der Waals surface area contributed by atoms with Crippen LogP contribution in [0.1, 0.15) is 18.4 Å². The van der Waals surface area contributed by atoms with Crippen molar-refractivity contribution in [3.8, 4) is 5.75 Å². The van der Waals surface area contributed by atoms with Gasteiger partial charge in [0.25, 0.3) is 0 Å². The van der Waals surface area contributed by atoms with Gasteiger partial charge >= 0.3 is 0 Å². The van der Waals surface area contributed by atoms with Gasteiger partial charge in [-0.15, -0.1) is 0 Å². The Bertz CT molecular complexity index is 523. The van der Waals surface area contributed by atoms with E-state index in [0.29, 0.717) is 11.3 Å². The fourth-order valence-corrected chi connectivity index (χ4v) is 2.35. The Morgan fingerprint density at radius 1 is 1.11 bits per heavy atom. The number of allylic oxidation sites excluding steroid dienone is 2. The number of rotatable bonds is 3. The molecule has 1 aromatic carbocycles. The summed E-state index contributed by atoms with van der Waals surface area (Å²) in [4.78, 5) is 11.9. The van der Waals surface area contributed by atoms with Crippen LogP contribution in [0.25, 0.3) is 0 Å². The average molecular weight is 244 g/mol. The third-order valence-corrected chi connectivity index (χ3v) is 3.29. The van der Waals surface area contributed by atoms with Crippen molar-refractivity contribution in [2.45, 2.75) is 12.8 Å². The maximum Gasteiger partial charge on any atom is 0.223 e. The van der Waals surface area contributed by atoms with E-state index in [9.17, 15) is 4.79 Å². The maximum atomic E-state index is 11.9. The van der Waals surface area contributed by atoms with Gasteiger partial charge in [0.15, 0.2) is 5.76 Å². The molecular formula is C15H16O3. The Kier molecular flexibility index (Phi) is 3.24. The Morgan fingerprint density at radius 2 is 1.72 bits per heavy atom. The van der Waals surface area contributed by atoms with Crippen molar-refractivity contribution in [1.82, 2.24) is 0 Å². The summed E-state index contributed by atoms with van der Waals surface area (Å²) in [6.45, 7) is 5.79. The van der Waals surface area contributed by atoms with E-state index >= 15 is 0 Å². The molecular weight excluding hydrogens is 228 g/mol. The summed E-state index contributed by atoms with van der Waals surface area (Å²) in [6.07, 6.45) is 0. The molecule has 0 saturated heterocycles. The summed E-state index contributed by atoms with van der Waals surface area (Å²) in [5.74, 6) is 1.03. The molecule has 1 unspecified atom stereocenters. The number of hydrogen-bond donors (Lipinski definition) is 0. The van der Waals surface area contributed by atoms with Crippen molar-refractivity contribution in [2.24, 2.45) is 0 Å². The van der Waals surface area contributed by atoms with E-state index in [0.717, 1.165) is 16.9 Å². The molecule has 0 fully saturated rings. The van der Waals surface area contributed by atoms with Crippen molar-refractivity contribution in [2.75, 3.05) is 14.2 Å². The Morgan fingerprint density at radius 3 is 2.17 bits per heavy atom. The Hall–Kier alpha value is -2.03. The summed E-state index contributed by atoms with van der Waals surface area (Å²) in [5.41, 5.74) is 2.51. The SMILES string of the molecule is C=C1C(=O)C(OC)=C(C)C1c1ccc(OC)cc1. The van der Waals surface area contributed by atoms with Gasteiger partial charge in [-0.05, 0) is 30.2 Å². The molecule has 0 spiro atoms. The molecule has 0 aliphatic heterocycles. The fraction of sp³-hybridized carbons (Fsp3) is 0.267. The molecule has 0 radical (unpaired) electrons. The van der Waals surface area contributed by atoms with Crippen molar-refractivity contribution < 1.29 is 14.3 Å². The second-order valence-electron chi connectivity index (χ2n) is 4.28. The minimum absolute atomic E-state index is 0.0849.